The molecule has 5 nitrogen and oxygen atoms in total. The summed E-state index contributed by atoms with van der Waals surface area (Å²) in [6, 6.07) is 16.1. The van der Waals surface area contributed by atoms with Crippen LogP contribution in [-0.2, 0) is 16.1 Å². The van der Waals surface area contributed by atoms with Crippen LogP contribution < -0.4 is 9.80 Å². The predicted octanol–water partition coefficient (Wildman–Crippen LogP) is 4.67. The standard InChI is InChI=1S/C24H24ClN3O2/c25-21-5-6-22-20(13-21)16-30-12-11-28(22)24(29)17-7-9-27(10-8-17)23-14-18-3-1-2-4-19(18)15-26-23/h1-6,13-15,17H,7-12,16H2. The zero-order valence-electron chi connectivity index (χ0n) is 16.8. The van der Waals surface area contributed by atoms with Crippen LogP contribution in [0.15, 0.2) is 54.7 Å². The molecule has 6 heteroatoms. The Kier molecular flexibility index (Phi) is 5.32. The van der Waals surface area contributed by atoms with Gasteiger partial charge in [0.25, 0.3) is 0 Å². The quantitative estimate of drug-likeness (QED) is 0.603. The highest BCUT2D eigenvalue weighted by Gasteiger charge is 2.31. The Morgan fingerprint density at radius 3 is 2.67 bits per heavy atom. The van der Waals surface area contributed by atoms with Gasteiger partial charge in [-0.25, -0.2) is 4.98 Å². The fourth-order valence-corrected chi connectivity index (χ4v) is 4.64. The first kappa shape index (κ1) is 19.3. The number of hydrogen-bond acceptors (Lipinski definition) is 4. The lowest BCUT2D eigenvalue weighted by Crippen LogP contribution is -2.43. The summed E-state index contributed by atoms with van der Waals surface area (Å²) in [5, 5.41) is 3.01. The molecular weight excluding hydrogens is 398 g/mol. The van der Waals surface area contributed by atoms with Gasteiger partial charge in [-0.2, -0.15) is 0 Å². The van der Waals surface area contributed by atoms with Gasteiger partial charge in [-0.15, -0.1) is 0 Å². The molecule has 0 saturated carbocycles. The molecule has 2 aromatic carbocycles. The topological polar surface area (TPSA) is 45.7 Å². The maximum Gasteiger partial charge on any atom is 0.230 e. The van der Waals surface area contributed by atoms with Crippen molar-refractivity contribution in [2.24, 2.45) is 5.92 Å². The first-order chi connectivity index (χ1) is 14.7. The van der Waals surface area contributed by atoms with Crippen molar-refractivity contribution in [3.8, 4) is 0 Å². The Bertz CT molecular complexity index is 1080. The van der Waals surface area contributed by atoms with Gasteiger partial charge in [0.05, 0.1) is 13.2 Å². The number of nitrogens with zero attached hydrogens (tertiary/aromatic N) is 3. The molecule has 30 heavy (non-hydrogen) atoms. The number of aromatic nitrogens is 1. The summed E-state index contributed by atoms with van der Waals surface area (Å²) in [5.74, 6) is 1.20. The molecule has 0 radical (unpaired) electrons. The maximum absolute atomic E-state index is 13.4. The van der Waals surface area contributed by atoms with Gasteiger partial charge in [0.2, 0.25) is 5.91 Å². The van der Waals surface area contributed by atoms with Crippen molar-refractivity contribution in [2.75, 3.05) is 36.0 Å². The lowest BCUT2D eigenvalue weighted by Gasteiger charge is -2.35. The number of rotatable bonds is 2. The molecule has 2 aliphatic rings. The number of benzene rings is 2. The Balaban J connectivity index is 1.30. The summed E-state index contributed by atoms with van der Waals surface area (Å²) in [7, 11) is 0. The van der Waals surface area contributed by atoms with Crippen LogP contribution >= 0.6 is 11.6 Å². The van der Waals surface area contributed by atoms with E-state index >= 15 is 0 Å². The van der Waals surface area contributed by atoms with Gasteiger partial charge < -0.3 is 14.5 Å². The monoisotopic (exact) mass is 421 g/mol. The molecule has 3 aromatic rings. The van der Waals surface area contributed by atoms with Gasteiger partial charge in [-0.3, -0.25) is 4.79 Å². The molecule has 1 amide bonds. The van der Waals surface area contributed by atoms with Crippen LogP contribution in [0.4, 0.5) is 11.5 Å². The summed E-state index contributed by atoms with van der Waals surface area (Å²) >= 11 is 6.15. The van der Waals surface area contributed by atoms with E-state index in [9.17, 15) is 4.79 Å². The molecule has 1 saturated heterocycles. The van der Waals surface area contributed by atoms with Crippen LogP contribution in [0.1, 0.15) is 18.4 Å². The van der Waals surface area contributed by atoms with E-state index in [1.54, 1.807) is 0 Å². The second-order valence-corrected chi connectivity index (χ2v) is 8.40. The van der Waals surface area contributed by atoms with E-state index in [2.05, 4.69) is 28.1 Å². The first-order valence-electron chi connectivity index (χ1n) is 10.5. The molecule has 5 rings (SSSR count). The van der Waals surface area contributed by atoms with E-state index in [-0.39, 0.29) is 11.8 Å². The minimum absolute atomic E-state index is 0.0170. The molecule has 1 fully saturated rings. The van der Waals surface area contributed by atoms with Gasteiger partial charge in [0.15, 0.2) is 0 Å². The second-order valence-electron chi connectivity index (χ2n) is 7.97. The highest BCUT2D eigenvalue weighted by atomic mass is 35.5. The van der Waals surface area contributed by atoms with Crippen LogP contribution in [0.5, 0.6) is 0 Å². The SMILES string of the molecule is O=C(C1CCN(c2cc3ccccc3cn2)CC1)N1CCOCc2cc(Cl)ccc21. The average Bonchev–Trinajstić information content (AvgIpc) is 3.00. The predicted molar refractivity (Wildman–Crippen MR) is 120 cm³/mol. The minimum atomic E-state index is 0.0170. The molecule has 3 heterocycles. The summed E-state index contributed by atoms with van der Waals surface area (Å²) < 4.78 is 5.68. The third kappa shape index (κ3) is 3.75. The van der Waals surface area contributed by atoms with Crippen molar-refractivity contribution < 1.29 is 9.53 Å². The molecule has 0 atom stereocenters. The lowest BCUT2D eigenvalue weighted by atomic mass is 9.94. The number of carbonyl (C=O) groups excluding carboxylic acids is 1. The Labute approximate surface area is 181 Å². The van der Waals surface area contributed by atoms with Crippen LogP contribution in [0.2, 0.25) is 5.02 Å². The van der Waals surface area contributed by atoms with Crippen molar-refractivity contribution in [3.05, 3.63) is 65.3 Å². The Hall–Kier alpha value is -2.63. The van der Waals surface area contributed by atoms with Gasteiger partial charge in [-0.1, -0.05) is 35.9 Å². The molecule has 0 bridgehead atoms. The minimum Gasteiger partial charge on any atom is -0.375 e. The molecular formula is C24H24ClN3O2. The Morgan fingerprint density at radius 2 is 1.83 bits per heavy atom. The van der Waals surface area contributed by atoms with Crippen molar-refractivity contribution in [3.63, 3.8) is 0 Å². The fourth-order valence-electron chi connectivity index (χ4n) is 4.44. The fraction of sp³-hybridized carbons (Fsp3) is 0.333. The number of piperidine rings is 1. The molecule has 2 aliphatic heterocycles. The third-order valence-corrected chi connectivity index (χ3v) is 6.33. The largest absolute Gasteiger partial charge is 0.375 e. The van der Waals surface area contributed by atoms with Crippen molar-refractivity contribution in [2.45, 2.75) is 19.4 Å². The van der Waals surface area contributed by atoms with Crippen molar-refractivity contribution >= 4 is 39.8 Å². The second kappa shape index (κ2) is 8.25. The van der Waals surface area contributed by atoms with Crippen molar-refractivity contribution in [1.82, 2.24) is 4.98 Å². The summed E-state index contributed by atoms with van der Waals surface area (Å²) in [5.41, 5.74) is 1.91. The smallest absolute Gasteiger partial charge is 0.230 e. The lowest BCUT2D eigenvalue weighted by molar-refractivity contribution is -0.123. The first-order valence-corrected chi connectivity index (χ1v) is 10.8. The Morgan fingerprint density at radius 1 is 1.03 bits per heavy atom. The number of anilines is 2. The van der Waals surface area contributed by atoms with E-state index in [0.717, 1.165) is 48.4 Å². The van der Waals surface area contributed by atoms with E-state index in [0.29, 0.717) is 24.8 Å². The van der Waals surface area contributed by atoms with Crippen LogP contribution in [0.25, 0.3) is 10.8 Å². The summed E-state index contributed by atoms with van der Waals surface area (Å²) in [6.45, 7) is 3.28. The number of carbonyl (C=O) groups is 1. The number of ether oxygens (including phenoxy) is 1. The number of amides is 1. The van der Waals surface area contributed by atoms with Gasteiger partial charge in [0.1, 0.15) is 5.82 Å². The highest BCUT2D eigenvalue weighted by Crippen LogP contribution is 2.31. The number of halogens is 1. The normalized spacial score (nSPS) is 17.6. The van der Waals surface area contributed by atoms with E-state index in [1.807, 2.05) is 41.4 Å². The van der Waals surface area contributed by atoms with E-state index in [4.69, 9.17) is 16.3 Å². The van der Waals surface area contributed by atoms with Gasteiger partial charge in [-0.05, 0) is 42.5 Å². The number of hydrogen-bond donors (Lipinski definition) is 0. The zero-order chi connectivity index (χ0) is 20.5. The number of fused-ring (bicyclic) bond motifs is 2. The summed E-state index contributed by atoms with van der Waals surface area (Å²) in [4.78, 5) is 22.2. The highest BCUT2D eigenvalue weighted by molar-refractivity contribution is 6.30. The molecule has 1 aromatic heterocycles. The molecule has 0 unspecified atom stereocenters. The molecule has 0 N–H and O–H groups in total. The molecule has 154 valence electrons. The van der Waals surface area contributed by atoms with Gasteiger partial charge in [0, 0.05) is 53.4 Å². The average molecular weight is 422 g/mol. The zero-order valence-corrected chi connectivity index (χ0v) is 17.5. The molecule has 0 aliphatic carbocycles. The number of pyridine rings is 1. The van der Waals surface area contributed by atoms with E-state index in [1.165, 1.54) is 5.39 Å². The third-order valence-electron chi connectivity index (χ3n) is 6.10. The van der Waals surface area contributed by atoms with Crippen LogP contribution in [0.3, 0.4) is 0 Å². The summed E-state index contributed by atoms with van der Waals surface area (Å²) in [6.07, 6.45) is 3.59. The van der Waals surface area contributed by atoms with E-state index < -0.39 is 0 Å². The molecule has 0 spiro atoms. The van der Waals surface area contributed by atoms with Crippen LogP contribution in [0, 0.1) is 5.92 Å². The van der Waals surface area contributed by atoms with Crippen LogP contribution in [-0.4, -0.2) is 37.1 Å². The maximum atomic E-state index is 13.4. The van der Waals surface area contributed by atoms with Gasteiger partial charge >= 0.3 is 0 Å². The van der Waals surface area contributed by atoms with Crippen molar-refractivity contribution in [1.29, 1.82) is 0 Å².